The maximum Gasteiger partial charge on any atom is 0.257 e. The quantitative estimate of drug-likeness (QED) is 0.875. The first-order valence-electron chi connectivity index (χ1n) is 3.65. The van der Waals surface area contributed by atoms with Crippen LogP contribution in [0.15, 0.2) is 16.6 Å². The monoisotopic (exact) mass is 321 g/mol. The topological polar surface area (TPSA) is 46.2 Å². The van der Waals surface area contributed by atoms with Gasteiger partial charge in [0.15, 0.2) is 0 Å². The molecule has 1 rings (SSSR count). The fourth-order valence-corrected chi connectivity index (χ4v) is 1.75. The number of halogens is 5. The third kappa shape index (κ3) is 3.17. The molecule has 1 aromatic rings. The highest BCUT2D eigenvalue weighted by atomic mass is 79.9. The Bertz CT molecular complexity index is 352. The Morgan fingerprint density at radius 2 is 1.93 bits per heavy atom. The van der Waals surface area contributed by atoms with E-state index in [1.165, 1.54) is 12.1 Å². The molecule has 0 aliphatic heterocycles. The summed E-state index contributed by atoms with van der Waals surface area (Å²) in [7, 11) is 0. The molecule has 1 atom stereocenters. The van der Waals surface area contributed by atoms with Crippen molar-refractivity contribution in [1.82, 2.24) is 0 Å². The van der Waals surface area contributed by atoms with E-state index < -0.39 is 18.2 Å². The Morgan fingerprint density at radius 3 is 2.40 bits per heavy atom. The second-order valence-corrected chi connectivity index (χ2v) is 3.91. The zero-order valence-electron chi connectivity index (χ0n) is 7.25. The normalized spacial score (nSPS) is 12.4. The van der Waals surface area contributed by atoms with Gasteiger partial charge in [-0.25, -0.2) is 8.78 Å². The van der Waals surface area contributed by atoms with Crippen molar-refractivity contribution in [2.45, 2.75) is 12.5 Å². The summed E-state index contributed by atoms with van der Waals surface area (Å²) in [5.74, 6) is -0.408. The average Bonchev–Trinajstić information content (AvgIpc) is 2.12. The Hall–Kier alpha value is -0.100. The second-order valence-electron chi connectivity index (χ2n) is 2.65. The van der Waals surface area contributed by atoms with Crippen LogP contribution in [0.3, 0.4) is 0 Å². The number of hydrogen-bond acceptors (Lipinski definition) is 2. The van der Waals surface area contributed by atoms with Crippen molar-refractivity contribution in [3.8, 4) is 5.75 Å². The standard InChI is InChI=1S/C8H7BrClF2NO.ClH/c9-3-1-2-4(10)7(14)5(3)6(13)8(11)12;/h1-2,6,8,14H,13H2;1H/t6-;/m1./s1. The fraction of sp³-hybridized carbons (Fsp3) is 0.250. The molecule has 7 heteroatoms. The number of rotatable bonds is 2. The zero-order chi connectivity index (χ0) is 10.9. The predicted molar refractivity (Wildman–Crippen MR) is 61.0 cm³/mol. The van der Waals surface area contributed by atoms with E-state index in [-0.39, 0.29) is 23.0 Å². The molecule has 1 aromatic carbocycles. The van der Waals surface area contributed by atoms with Crippen molar-refractivity contribution >= 4 is 39.9 Å². The SMILES string of the molecule is Cl.N[C@H](c1c(Br)ccc(Cl)c1O)C(F)F. The maximum absolute atomic E-state index is 12.3. The lowest BCUT2D eigenvalue weighted by Gasteiger charge is -2.15. The zero-order valence-corrected chi connectivity index (χ0v) is 10.4. The van der Waals surface area contributed by atoms with Gasteiger partial charge in [-0.3, -0.25) is 0 Å². The van der Waals surface area contributed by atoms with Crippen LogP contribution in [0.2, 0.25) is 5.02 Å². The first kappa shape index (κ1) is 14.9. The van der Waals surface area contributed by atoms with Crippen LogP contribution in [0, 0.1) is 0 Å². The first-order chi connectivity index (χ1) is 6.45. The van der Waals surface area contributed by atoms with Gasteiger partial charge in [0.2, 0.25) is 0 Å². The molecule has 0 bridgehead atoms. The number of nitrogens with two attached hydrogens (primary N) is 1. The Kier molecular flexibility index (Phi) is 5.80. The van der Waals surface area contributed by atoms with Crippen molar-refractivity contribution < 1.29 is 13.9 Å². The summed E-state index contributed by atoms with van der Waals surface area (Å²) in [6.45, 7) is 0. The van der Waals surface area contributed by atoms with E-state index in [1.54, 1.807) is 0 Å². The minimum Gasteiger partial charge on any atom is -0.506 e. The molecule has 2 nitrogen and oxygen atoms in total. The van der Waals surface area contributed by atoms with Crippen molar-refractivity contribution in [2.75, 3.05) is 0 Å². The lowest BCUT2D eigenvalue weighted by molar-refractivity contribution is 0.115. The Labute approximate surface area is 105 Å². The molecular weight excluding hydrogens is 315 g/mol. The largest absolute Gasteiger partial charge is 0.506 e. The molecule has 15 heavy (non-hydrogen) atoms. The average molecular weight is 323 g/mol. The minimum absolute atomic E-state index is 0. The second kappa shape index (κ2) is 5.84. The van der Waals surface area contributed by atoms with Crippen molar-refractivity contribution in [3.63, 3.8) is 0 Å². The molecule has 3 N–H and O–H groups in total. The highest BCUT2D eigenvalue weighted by Crippen LogP contribution is 2.38. The van der Waals surface area contributed by atoms with Crippen LogP contribution in [0.5, 0.6) is 5.75 Å². The van der Waals surface area contributed by atoms with Gasteiger partial charge in [0, 0.05) is 10.0 Å². The number of aromatic hydroxyl groups is 1. The molecule has 0 aliphatic rings. The van der Waals surface area contributed by atoms with Gasteiger partial charge in [-0.05, 0) is 12.1 Å². The summed E-state index contributed by atoms with van der Waals surface area (Å²) in [4.78, 5) is 0. The molecule has 0 aromatic heterocycles. The molecule has 0 amide bonds. The Balaban J connectivity index is 0.00000196. The van der Waals surface area contributed by atoms with Gasteiger partial charge in [-0.2, -0.15) is 0 Å². The smallest absolute Gasteiger partial charge is 0.257 e. The summed E-state index contributed by atoms with van der Waals surface area (Å²) >= 11 is 8.58. The first-order valence-corrected chi connectivity index (χ1v) is 4.82. The number of benzene rings is 1. The van der Waals surface area contributed by atoms with Crippen LogP contribution in [-0.4, -0.2) is 11.5 Å². The molecule has 0 aliphatic carbocycles. The van der Waals surface area contributed by atoms with Gasteiger partial charge in [-0.1, -0.05) is 27.5 Å². The van der Waals surface area contributed by atoms with Crippen molar-refractivity contribution in [1.29, 1.82) is 0 Å². The van der Waals surface area contributed by atoms with Crippen LogP contribution >= 0.6 is 39.9 Å². The predicted octanol–water partition coefficient (Wildman–Crippen LogP) is 3.49. The van der Waals surface area contributed by atoms with E-state index in [9.17, 15) is 13.9 Å². The lowest BCUT2D eigenvalue weighted by Crippen LogP contribution is -2.19. The summed E-state index contributed by atoms with van der Waals surface area (Å²) < 4.78 is 24.9. The molecular formula is C8H8BrCl2F2NO. The van der Waals surface area contributed by atoms with Crippen LogP contribution in [0.25, 0.3) is 0 Å². The van der Waals surface area contributed by atoms with E-state index in [1.807, 2.05) is 0 Å². The van der Waals surface area contributed by atoms with Gasteiger partial charge < -0.3 is 10.8 Å². The molecule has 0 radical (unpaired) electrons. The number of phenolic OH excluding ortho intramolecular Hbond substituents is 1. The van der Waals surface area contributed by atoms with Gasteiger partial charge in [0.1, 0.15) is 5.75 Å². The highest BCUT2D eigenvalue weighted by molar-refractivity contribution is 9.10. The van der Waals surface area contributed by atoms with E-state index >= 15 is 0 Å². The van der Waals surface area contributed by atoms with Gasteiger partial charge in [0.25, 0.3) is 6.43 Å². The third-order valence-electron chi connectivity index (χ3n) is 1.72. The fourth-order valence-electron chi connectivity index (χ4n) is 1.000. The van der Waals surface area contributed by atoms with E-state index in [0.29, 0.717) is 4.47 Å². The molecule has 86 valence electrons. The molecule has 0 saturated heterocycles. The summed E-state index contributed by atoms with van der Waals surface area (Å²) in [6, 6.07) is 1.30. The van der Waals surface area contributed by atoms with E-state index in [0.717, 1.165) is 0 Å². The van der Waals surface area contributed by atoms with Crippen LogP contribution < -0.4 is 5.73 Å². The third-order valence-corrected chi connectivity index (χ3v) is 2.72. The number of hydrogen-bond donors (Lipinski definition) is 2. The molecule has 0 spiro atoms. The summed E-state index contributed by atoms with van der Waals surface area (Å²) in [5.41, 5.74) is 5.13. The molecule has 0 unspecified atom stereocenters. The Morgan fingerprint density at radius 1 is 1.40 bits per heavy atom. The molecule has 0 saturated carbocycles. The molecule has 0 fully saturated rings. The van der Waals surface area contributed by atoms with Crippen LogP contribution in [0.4, 0.5) is 8.78 Å². The minimum atomic E-state index is -2.75. The van der Waals surface area contributed by atoms with Gasteiger partial charge in [0.05, 0.1) is 11.1 Å². The van der Waals surface area contributed by atoms with Gasteiger partial charge >= 0.3 is 0 Å². The highest BCUT2D eigenvalue weighted by Gasteiger charge is 2.24. The van der Waals surface area contributed by atoms with E-state index in [2.05, 4.69) is 15.9 Å². The number of alkyl halides is 2. The van der Waals surface area contributed by atoms with Gasteiger partial charge in [-0.15, -0.1) is 12.4 Å². The molecule has 0 heterocycles. The van der Waals surface area contributed by atoms with Crippen molar-refractivity contribution in [3.05, 3.63) is 27.2 Å². The van der Waals surface area contributed by atoms with Crippen LogP contribution in [0.1, 0.15) is 11.6 Å². The summed E-state index contributed by atoms with van der Waals surface area (Å²) in [5, 5.41) is 9.42. The van der Waals surface area contributed by atoms with E-state index in [4.69, 9.17) is 17.3 Å². The van der Waals surface area contributed by atoms with Crippen molar-refractivity contribution in [2.24, 2.45) is 5.73 Å². The van der Waals surface area contributed by atoms with Crippen LogP contribution in [-0.2, 0) is 0 Å². The number of phenols is 1. The lowest BCUT2D eigenvalue weighted by atomic mass is 10.1. The maximum atomic E-state index is 12.3. The summed E-state index contributed by atoms with van der Waals surface area (Å²) in [6.07, 6.45) is -2.75.